The zero-order valence-corrected chi connectivity index (χ0v) is 12.4. The van der Waals surface area contributed by atoms with Crippen molar-refractivity contribution in [3.8, 4) is 6.07 Å². The number of carboxylic acid groups (broad SMARTS) is 1. The number of allylic oxidation sites excluding steroid dienone is 1. The topological polar surface area (TPSA) is 90.2 Å². The summed E-state index contributed by atoms with van der Waals surface area (Å²) in [4.78, 5) is 23.6. The lowest BCUT2D eigenvalue weighted by Gasteiger charge is -2.09. The van der Waals surface area contributed by atoms with Crippen molar-refractivity contribution >= 4 is 17.4 Å². The first kappa shape index (κ1) is 16.0. The molecule has 0 heterocycles. The van der Waals surface area contributed by atoms with Gasteiger partial charge in [0.15, 0.2) is 0 Å². The largest absolute Gasteiger partial charge is 0.478 e. The highest BCUT2D eigenvalue weighted by molar-refractivity contribution is 6.11. The predicted molar refractivity (Wildman–Crippen MR) is 86.2 cm³/mol. The number of carbonyl (C=O) groups is 2. The van der Waals surface area contributed by atoms with Crippen LogP contribution in [0.5, 0.6) is 0 Å². The summed E-state index contributed by atoms with van der Waals surface area (Å²) in [5.41, 5.74) is 1.31. The predicted octanol–water partition coefficient (Wildman–Crippen LogP) is 3.40. The lowest BCUT2D eigenvalue weighted by Crippen LogP contribution is -2.07. The normalized spacial score (nSPS) is 10.7. The van der Waals surface area contributed by atoms with Crippen molar-refractivity contribution in [2.75, 3.05) is 5.32 Å². The average Bonchev–Trinajstić information content (AvgIpc) is 2.55. The molecule has 5 nitrogen and oxygen atoms in total. The molecule has 0 amide bonds. The van der Waals surface area contributed by atoms with Gasteiger partial charge >= 0.3 is 5.97 Å². The zero-order valence-electron chi connectivity index (χ0n) is 12.4. The van der Waals surface area contributed by atoms with E-state index >= 15 is 0 Å². The van der Waals surface area contributed by atoms with E-state index in [1.165, 1.54) is 6.20 Å². The zero-order chi connectivity index (χ0) is 16.8. The molecule has 0 radical (unpaired) electrons. The third kappa shape index (κ3) is 3.63. The van der Waals surface area contributed by atoms with Crippen LogP contribution >= 0.6 is 0 Å². The van der Waals surface area contributed by atoms with Crippen LogP contribution in [-0.2, 0) is 0 Å². The number of aromatic carboxylic acids is 1. The molecule has 0 atom stereocenters. The van der Waals surface area contributed by atoms with Crippen molar-refractivity contribution in [2.24, 2.45) is 0 Å². The smallest absolute Gasteiger partial charge is 0.338 e. The molecule has 2 aromatic carbocycles. The molecule has 23 heavy (non-hydrogen) atoms. The molecular formula is C18H14N2O3. The number of nitrogens with zero attached hydrogens (tertiary/aromatic N) is 1. The summed E-state index contributed by atoms with van der Waals surface area (Å²) in [6.07, 6.45) is 1.23. The highest BCUT2D eigenvalue weighted by Gasteiger charge is 2.14. The first-order chi connectivity index (χ1) is 11.0. The third-order valence-corrected chi connectivity index (χ3v) is 3.26. The minimum absolute atomic E-state index is 0.103. The molecule has 0 saturated carbocycles. The van der Waals surface area contributed by atoms with Crippen LogP contribution in [0.25, 0.3) is 0 Å². The monoisotopic (exact) mass is 306 g/mol. The minimum Gasteiger partial charge on any atom is -0.478 e. The highest BCUT2D eigenvalue weighted by atomic mass is 16.4. The number of anilines is 1. The highest BCUT2D eigenvalue weighted by Crippen LogP contribution is 2.20. The molecule has 5 heteroatoms. The average molecular weight is 306 g/mol. The van der Waals surface area contributed by atoms with E-state index < -0.39 is 11.8 Å². The van der Waals surface area contributed by atoms with Gasteiger partial charge in [0.25, 0.3) is 0 Å². The molecule has 2 N–H and O–H groups in total. The molecule has 2 rings (SSSR count). The quantitative estimate of drug-likeness (QED) is 0.502. The SMILES string of the molecule is Cc1cccc(NC=C(C#N)C(=O)c2ccccc2)c1C(=O)O. The van der Waals surface area contributed by atoms with Gasteiger partial charge < -0.3 is 10.4 Å². The molecule has 2 aromatic rings. The Balaban J connectivity index is 2.32. The molecule has 0 saturated heterocycles. The van der Waals surface area contributed by atoms with E-state index in [9.17, 15) is 20.0 Å². The molecule has 0 spiro atoms. The second-order valence-corrected chi connectivity index (χ2v) is 4.81. The van der Waals surface area contributed by atoms with E-state index in [0.717, 1.165) is 0 Å². The Hall–Kier alpha value is -3.39. The Labute approximate surface area is 133 Å². The maximum absolute atomic E-state index is 12.2. The van der Waals surface area contributed by atoms with Crippen LogP contribution in [0.4, 0.5) is 5.69 Å². The van der Waals surface area contributed by atoms with E-state index in [1.807, 2.05) is 6.07 Å². The molecular weight excluding hydrogens is 292 g/mol. The Morgan fingerprint density at radius 2 is 1.83 bits per heavy atom. The number of rotatable bonds is 5. The van der Waals surface area contributed by atoms with Crippen LogP contribution in [0.2, 0.25) is 0 Å². The third-order valence-electron chi connectivity index (χ3n) is 3.26. The van der Waals surface area contributed by atoms with Crippen LogP contribution in [0.3, 0.4) is 0 Å². The Morgan fingerprint density at radius 1 is 1.13 bits per heavy atom. The number of aryl methyl sites for hydroxylation is 1. The molecule has 0 aliphatic heterocycles. The summed E-state index contributed by atoms with van der Waals surface area (Å²) in [6.45, 7) is 1.68. The van der Waals surface area contributed by atoms with Gasteiger partial charge in [-0.3, -0.25) is 4.79 Å². The fourth-order valence-electron chi connectivity index (χ4n) is 2.12. The van der Waals surface area contributed by atoms with Crippen molar-refractivity contribution in [3.63, 3.8) is 0 Å². The summed E-state index contributed by atoms with van der Waals surface area (Å²) in [5.74, 6) is -1.50. The van der Waals surface area contributed by atoms with Crippen molar-refractivity contribution in [1.29, 1.82) is 5.26 Å². The maximum atomic E-state index is 12.2. The lowest BCUT2D eigenvalue weighted by atomic mass is 10.0. The van der Waals surface area contributed by atoms with E-state index in [4.69, 9.17) is 0 Å². The number of carbonyl (C=O) groups excluding carboxylic acids is 1. The van der Waals surface area contributed by atoms with Crippen molar-refractivity contribution < 1.29 is 14.7 Å². The molecule has 114 valence electrons. The summed E-state index contributed by atoms with van der Waals surface area (Å²) in [6, 6.07) is 15.2. The number of benzene rings is 2. The second-order valence-electron chi connectivity index (χ2n) is 4.81. The van der Waals surface area contributed by atoms with E-state index in [0.29, 0.717) is 16.8 Å². The Bertz CT molecular complexity index is 818. The number of hydrogen-bond acceptors (Lipinski definition) is 4. The van der Waals surface area contributed by atoms with Crippen LogP contribution in [0.1, 0.15) is 26.3 Å². The number of Topliss-reactive ketones (excluding diaryl/α,β-unsaturated/α-hetero) is 1. The van der Waals surface area contributed by atoms with Gasteiger partial charge in [0.1, 0.15) is 11.6 Å². The number of ketones is 1. The van der Waals surface area contributed by atoms with Gasteiger partial charge in [-0.25, -0.2) is 4.79 Å². The minimum atomic E-state index is -1.08. The van der Waals surface area contributed by atoms with Crippen LogP contribution in [0.15, 0.2) is 60.3 Å². The second kappa shape index (κ2) is 7.05. The molecule has 0 aromatic heterocycles. The molecule has 0 aliphatic carbocycles. The first-order valence-electron chi connectivity index (χ1n) is 6.84. The van der Waals surface area contributed by atoms with Gasteiger partial charge in [0, 0.05) is 11.8 Å². The number of carboxylic acids is 1. The number of nitriles is 1. The number of hydrogen-bond donors (Lipinski definition) is 2. The molecule has 0 aliphatic rings. The summed E-state index contributed by atoms with van der Waals surface area (Å²) in [5, 5.41) is 21.2. The van der Waals surface area contributed by atoms with Gasteiger partial charge in [-0.2, -0.15) is 5.26 Å². The van der Waals surface area contributed by atoms with Gasteiger partial charge in [-0.05, 0) is 18.6 Å². The van der Waals surface area contributed by atoms with Gasteiger partial charge in [-0.1, -0.05) is 42.5 Å². The lowest BCUT2D eigenvalue weighted by molar-refractivity contribution is 0.0697. The van der Waals surface area contributed by atoms with Gasteiger partial charge in [0.2, 0.25) is 5.78 Å². The van der Waals surface area contributed by atoms with Crippen LogP contribution in [0, 0.1) is 18.3 Å². The van der Waals surface area contributed by atoms with E-state index in [1.54, 1.807) is 55.5 Å². The standard InChI is InChI=1S/C18H14N2O3/c1-12-6-5-9-15(16(12)18(22)23)20-11-14(10-19)17(21)13-7-3-2-4-8-13/h2-9,11,20H,1H3,(H,22,23). The van der Waals surface area contributed by atoms with E-state index in [-0.39, 0.29) is 11.1 Å². The van der Waals surface area contributed by atoms with Gasteiger partial charge in [-0.15, -0.1) is 0 Å². The summed E-state index contributed by atoms with van der Waals surface area (Å²) in [7, 11) is 0. The fraction of sp³-hybridized carbons (Fsp3) is 0.0556. The van der Waals surface area contributed by atoms with Crippen LogP contribution < -0.4 is 5.32 Å². The molecule has 0 fully saturated rings. The first-order valence-corrected chi connectivity index (χ1v) is 6.84. The Morgan fingerprint density at radius 3 is 2.43 bits per heavy atom. The van der Waals surface area contributed by atoms with Crippen molar-refractivity contribution in [1.82, 2.24) is 0 Å². The molecule has 0 unspecified atom stereocenters. The fourth-order valence-corrected chi connectivity index (χ4v) is 2.12. The van der Waals surface area contributed by atoms with E-state index in [2.05, 4.69) is 5.32 Å². The van der Waals surface area contributed by atoms with Gasteiger partial charge in [0.05, 0.1) is 11.3 Å². The summed E-state index contributed by atoms with van der Waals surface area (Å²) >= 11 is 0. The Kier molecular flexibility index (Phi) is 4.90. The van der Waals surface area contributed by atoms with Crippen molar-refractivity contribution in [3.05, 3.63) is 77.0 Å². The summed E-state index contributed by atoms with van der Waals surface area (Å²) < 4.78 is 0. The molecule has 0 bridgehead atoms. The van der Waals surface area contributed by atoms with Crippen molar-refractivity contribution in [2.45, 2.75) is 6.92 Å². The van der Waals surface area contributed by atoms with Crippen LogP contribution in [-0.4, -0.2) is 16.9 Å². The maximum Gasteiger partial charge on any atom is 0.338 e. The number of nitrogens with one attached hydrogen (secondary N) is 1.